The van der Waals surface area contributed by atoms with E-state index in [1.807, 2.05) is 6.92 Å². The normalized spacial score (nSPS) is 11.8. The molecule has 0 bridgehead atoms. The molecule has 0 aliphatic rings. The lowest BCUT2D eigenvalue weighted by atomic mass is 10.2. The highest BCUT2D eigenvalue weighted by Crippen LogP contribution is 2.22. The molecule has 0 spiro atoms. The van der Waals surface area contributed by atoms with Crippen molar-refractivity contribution in [2.24, 2.45) is 0 Å². The number of sulfonamides is 1. The molecule has 2 heterocycles. The second-order valence-electron chi connectivity index (χ2n) is 5.05. The van der Waals surface area contributed by atoms with Crippen molar-refractivity contribution in [1.82, 2.24) is 9.38 Å². The molecule has 0 amide bonds. The highest BCUT2D eigenvalue weighted by atomic mass is 32.2. The van der Waals surface area contributed by atoms with Gasteiger partial charge in [0.25, 0.3) is 10.0 Å². The van der Waals surface area contributed by atoms with Crippen LogP contribution in [0.3, 0.4) is 0 Å². The Morgan fingerprint density at radius 3 is 2.73 bits per heavy atom. The molecule has 0 saturated carbocycles. The Balaban J connectivity index is 2.04. The largest absolute Gasteiger partial charge is 0.305 e. The minimum atomic E-state index is -3.80. The van der Waals surface area contributed by atoms with Crippen LogP contribution >= 0.6 is 0 Å². The molecular weight excluding hydrogens is 305 g/mol. The maximum absolute atomic E-state index is 13.3. The fraction of sp³-hybridized carbons (Fsp3) is 0.133. The van der Waals surface area contributed by atoms with E-state index in [1.165, 1.54) is 19.1 Å². The van der Waals surface area contributed by atoms with Gasteiger partial charge in [-0.2, -0.15) is 0 Å². The lowest BCUT2D eigenvalue weighted by Crippen LogP contribution is -2.14. The summed E-state index contributed by atoms with van der Waals surface area (Å²) in [6.07, 6.45) is 3.59. The van der Waals surface area contributed by atoms with Gasteiger partial charge in [0.1, 0.15) is 5.82 Å². The molecule has 2 aromatic heterocycles. The summed E-state index contributed by atoms with van der Waals surface area (Å²) in [7, 11) is -3.80. The van der Waals surface area contributed by atoms with Crippen LogP contribution in [0.25, 0.3) is 5.65 Å². The SMILES string of the molecule is Cc1cn2cccc(NS(=O)(=O)c3ccc(F)c(C)c3)c2n1. The number of imidazole rings is 1. The van der Waals surface area contributed by atoms with Crippen molar-refractivity contribution in [3.8, 4) is 0 Å². The fourth-order valence-corrected chi connectivity index (χ4v) is 3.35. The number of halogens is 1. The first-order valence-electron chi connectivity index (χ1n) is 6.60. The van der Waals surface area contributed by atoms with Crippen LogP contribution in [0.5, 0.6) is 0 Å². The van der Waals surface area contributed by atoms with E-state index < -0.39 is 15.8 Å². The summed E-state index contributed by atoms with van der Waals surface area (Å²) in [6.45, 7) is 3.35. The van der Waals surface area contributed by atoms with Crippen LogP contribution in [-0.2, 0) is 10.0 Å². The van der Waals surface area contributed by atoms with Crippen molar-refractivity contribution >= 4 is 21.4 Å². The van der Waals surface area contributed by atoms with Crippen LogP contribution in [0, 0.1) is 19.7 Å². The summed E-state index contributed by atoms with van der Waals surface area (Å²) < 4.78 is 42.4. The standard InChI is InChI=1S/C15H14FN3O2S/c1-10-8-12(5-6-13(10)16)22(20,21)18-14-4-3-7-19-9-11(2)17-15(14)19/h3-9,18H,1-2H3. The van der Waals surface area contributed by atoms with Crippen molar-refractivity contribution in [2.75, 3.05) is 4.72 Å². The third kappa shape index (κ3) is 2.55. The number of hydrogen-bond acceptors (Lipinski definition) is 3. The maximum Gasteiger partial charge on any atom is 0.262 e. The average Bonchev–Trinajstić information content (AvgIpc) is 2.83. The number of aryl methyl sites for hydroxylation is 2. The van der Waals surface area contributed by atoms with Gasteiger partial charge in [0.05, 0.1) is 16.3 Å². The topological polar surface area (TPSA) is 63.5 Å². The molecule has 0 aliphatic heterocycles. The lowest BCUT2D eigenvalue weighted by Gasteiger charge is -2.09. The second kappa shape index (κ2) is 5.10. The van der Waals surface area contributed by atoms with Crippen molar-refractivity contribution in [3.05, 3.63) is 59.8 Å². The van der Waals surface area contributed by atoms with Gasteiger partial charge in [-0.3, -0.25) is 4.72 Å². The van der Waals surface area contributed by atoms with Crippen LogP contribution in [0.15, 0.2) is 47.6 Å². The van der Waals surface area contributed by atoms with Gasteiger partial charge in [-0.1, -0.05) is 0 Å². The Morgan fingerprint density at radius 1 is 1.23 bits per heavy atom. The summed E-state index contributed by atoms with van der Waals surface area (Å²) in [4.78, 5) is 4.31. The molecule has 1 aromatic carbocycles. The smallest absolute Gasteiger partial charge is 0.262 e. The van der Waals surface area contributed by atoms with E-state index in [0.29, 0.717) is 11.3 Å². The summed E-state index contributed by atoms with van der Waals surface area (Å²) in [5.74, 6) is -0.440. The van der Waals surface area contributed by atoms with E-state index in [2.05, 4.69) is 9.71 Å². The Morgan fingerprint density at radius 2 is 2.00 bits per heavy atom. The van der Waals surface area contributed by atoms with E-state index in [0.717, 1.165) is 11.8 Å². The molecule has 0 aliphatic carbocycles. The van der Waals surface area contributed by atoms with Gasteiger partial charge in [0.15, 0.2) is 5.65 Å². The summed E-state index contributed by atoms with van der Waals surface area (Å²) in [5.41, 5.74) is 1.95. The van der Waals surface area contributed by atoms with E-state index in [9.17, 15) is 12.8 Å². The van der Waals surface area contributed by atoms with Gasteiger partial charge in [-0.25, -0.2) is 17.8 Å². The average molecular weight is 319 g/mol. The number of anilines is 1. The maximum atomic E-state index is 13.3. The lowest BCUT2D eigenvalue weighted by molar-refractivity contribution is 0.598. The van der Waals surface area contributed by atoms with Crippen LogP contribution in [-0.4, -0.2) is 17.8 Å². The summed E-state index contributed by atoms with van der Waals surface area (Å²) in [5, 5.41) is 0. The van der Waals surface area contributed by atoms with Gasteiger partial charge < -0.3 is 4.40 Å². The van der Waals surface area contributed by atoms with E-state index in [-0.39, 0.29) is 10.5 Å². The predicted molar refractivity (Wildman–Crippen MR) is 81.9 cm³/mol. The first kappa shape index (κ1) is 14.5. The molecule has 0 saturated heterocycles. The molecule has 0 fully saturated rings. The third-order valence-electron chi connectivity index (χ3n) is 3.29. The van der Waals surface area contributed by atoms with Gasteiger partial charge in [-0.05, 0) is 49.7 Å². The van der Waals surface area contributed by atoms with E-state index in [4.69, 9.17) is 0 Å². The summed E-state index contributed by atoms with van der Waals surface area (Å²) in [6, 6.07) is 7.04. The molecule has 5 nitrogen and oxygen atoms in total. The predicted octanol–water partition coefficient (Wildman–Crippen LogP) is 2.89. The first-order chi connectivity index (χ1) is 10.4. The van der Waals surface area contributed by atoms with E-state index >= 15 is 0 Å². The minimum absolute atomic E-state index is 0.0108. The Labute approximate surface area is 127 Å². The van der Waals surface area contributed by atoms with Gasteiger partial charge >= 0.3 is 0 Å². The molecule has 114 valence electrons. The van der Waals surface area contributed by atoms with Crippen molar-refractivity contribution in [3.63, 3.8) is 0 Å². The molecule has 7 heteroatoms. The van der Waals surface area contributed by atoms with Crippen LogP contribution in [0.4, 0.5) is 10.1 Å². The summed E-state index contributed by atoms with van der Waals surface area (Å²) >= 11 is 0. The molecule has 0 unspecified atom stereocenters. The molecule has 1 N–H and O–H groups in total. The molecule has 0 radical (unpaired) electrons. The Bertz CT molecular complexity index is 964. The van der Waals surface area contributed by atoms with Crippen LogP contribution in [0.1, 0.15) is 11.3 Å². The molecule has 3 aromatic rings. The Kier molecular flexibility index (Phi) is 3.37. The Hall–Kier alpha value is -2.41. The zero-order valence-corrected chi connectivity index (χ0v) is 12.9. The van der Waals surface area contributed by atoms with Gasteiger partial charge in [-0.15, -0.1) is 0 Å². The number of pyridine rings is 1. The second-order valence-corrected chi connectivity index (χ2v) is 6.73. The highest BCUT2D eigenvalue weighted by molar-refractivity contribution is 7.92. The van der Waals surface area contributed by atoms with Gasteiger partial charge in [0, 0.05) is 12.4 Å². The number of aromatic nitrogens is 2. The third-order valence-corrected chi connectivity index (χ3v) is 4.65. The van der Waals surface area contributed by atoms with Crippen molar-refractivity contribution in [2.45, 2.75) is 18.7 Å². The monoisotopic (exact) mass is 319 g/mol. The van der Waals surface area contributed by atoms with Gasteiger partial charge in [0.2, 0.25) is 0 Å². The number of fused-ring (bicyclic) bond motifs is 1. The minimum Gasteiger partial charge on any atom is -0.305 e. The zero-order valence-electron chi connectivity index (χ0n) is 12.0. The van der Waals surface area contributed by atoms with Crippen molar-refractivity contribution < 1.29 is 12.8 Å². The number of nitrogens with zero attached hydrogens (tertiary/aromatic N) is 2. The highest BCUT2D eigenvalue weighted by Gasteiger charge is 2.17. The van der Waals surface area contributed by atoms with Crippen molar-refractivity contribution in [1.29, 1.82) is 0 Å². The molecule has 0 atom stereocenters. The van der Waals surface area contributed by atoms with E-state index in [1.54, 1.807) is 28.9 Å². The number of nitrogens with one attached hydrogen (secondary N) is 1. The molecule has 22 heavy (non-hydrogen) atoms. The molecular formula is C15H14FN3O2S. The van der Waals surface area contributed by atoms with Crippen LogP contribution in [0.2, 0.25) is 0 Å². The quantitative estimate of drug-likeness (QED) is 0.807. The number of hydrogen-bond donors (Lipinski definition) is 1. The molecule has 3 rings (SSSR count). The first-order valence-corrected chi connectivity index (χ1v) is 8.08. The van der Waals surface area contributed by atoms with Crippen LogP contribution < -0.4 is 4.72 Å². The zero-order chi connectivity index (χ0) is 15.9. The fourth-order valence-electron chi connectivity index (χ4n) is 2.20. The number of rotatable bonds is 3. The number of benzene rings is 1.